The maximum absolute atomic E-state index is 12.8. The molecule has 2 aromatic rings. The van der Waals surface area contributed by atoms with E-state index >= 15 is 0 Å². The van der Waals surface area contributed by atoms with Gasteiger partial charge in [-0.25, -0.2) is 0 Å². The molecule has 2 rings (SSSR count). The smallest absolute Gasteiger partial charge is 0.471 e. The van der Waals surface area contributed by atoms with Crippen LogP contribution in [0, 0.1) is 0 Å². The van der Waals surface area contributed by atoms with Crippen molar-refractivity contribution in [2.24, 2.45) is 0 Å². The predicted molar refractivity (Wildman–Crippen MR) is 108 cm³/mol. The zero-order valence-corrected chi connectivity index (χ0v) is 17.5. The zero-order valence-electron chi connectivity index (χ0n) is 17.5. The minimum absolute atomic E-state index is 0.113. The van der Waals surface area contributed by atoms with E-state index in [0.29, 0.717) is 27.6 Å². The Morgan fingerprint density at radius 3 is 2.13 bits per heavy atom. The van der Waals surface area contributed by atoms with Crippen LogP contribution < -0.4 is 19.5 Å². The third kappa shape index (κ3) is 5.80. The number of hydrogen-bond donors (Lipinski definition) is 1. The van der Waals surface area contributed by atoms with Gasteiger partial charge in [0.25, 0.3) is 5.91 Å². The first kappa shape index (κ1) is 23.8. The van der Waals surface area contributed by atoms with E-state index in [1.807, 2.05) is 0 Å². The lowest BCUT2D eigenvalue weighted by Crippen LogP contribution is -2.40. The molecule has 0 bridgehead atoms. The number of benzene rings is 2. The van der Waals surface area contributed by atoms with E-state index in [1.54, 1.807) is 18.2 Å². The van der Waals surface area contributed by atoms with E-state index in [1.165, 1.54) is 46.5 Å². The van der Waals surface area contributed by atoms with Crippen molar-refractivity contribution in [2.45, 2.75) is 19.6 Å². The van der Waals surface area contributed by atoms with Crippen molar-refractivity contribution in [3.63, 3.8) is 0 Å². The van der Waals surface area contributed by atoms with Crippen LogP contribution in [0.15, 0.2) is 36.4 Å². The summed E-state index contributed by atoms with van der Waals surface area (Å²) < 4.78 is 53.9. The van der Waals surface area contributed by atoms with Crippen LogP contribution in [0.1, 0.15) is 22.8 Å². The normalized spacial score (nSPS) is 10.9. The number of hydrogen-bond acceptors (Lipinski definition) is 5. The van der Waals surface area contributed by atoms with Gasteiger partial charge in [-0.2, -0.15) is 13.2 Å². The van der Waals surface area contributed by atoms with Gasteiger partial charge in [0, 0.05) is 30.9 Å². The molecule has 168 valence electrons. The van der Waals surface area contributed by atoms with E-state index in [-0.39, 0.29) is 24.4 Å². The van der Waals surface area contributed by atoms with Gasteiger partial charge in [0.05, 0.1) is 26.9 Å². The molecule has 0 aliphatic carbocycles. The molecule has 31 heavy (non-hydrogen) atoms. The number of ether oxygens (including phenoxy) is 3. The fourth-order valence-corrected chi connectivity index (χ4v) is 2.88. The van der Waals surface area contributed by atoms with Gasteiger partial charge in [-0.05, 0) is 24.6 Å². The molecule has 0 fully saturated rings. The van der Waals surface area contributed by atoms with Crippen LogP contribution in [0.2, 0.25) is 0 Å². The van der Waals surface area contributed by atoms with Gasteiger partial charge in [-0.3, -0.25) is 9.59 Å². The van der Waals surface area contributed by atoms with Crippen LogP contribution in [-0.4, -0.2) is 50.8 Å². The maximum atomic E-state index is 12.8. The Kier molecular flexibility index (Phi) is 7.73. The average Bonchev–Trinajstić information content (AvgIpc) is 2.75. The lowest BCUT2D eigenvalue weighted by atomic mass is 10.1. The molecule has 0 aromatic heterocycles. The van der Waals surface area contributed by atoms with Crippen molar-refractivity contribution in [1.82, 2.24) is 4.90 Å². The predicted octanol–water partition coefficient (Wildman–Crippen LogP) is 3.88. The Labute approximate surface area is 177 Å². The number of methoxy groups -OCH3 is 3. The fraction of sp³-hybridized carbons (Fsp3) is 0.333. The molecule has 0 aliphatic heterocycles. The second-order valence-electron chi connectivity index (χ2n) is 6.38. The summed E-state index contributed by atoms with van der Waals surface area (Å²) in [5, 5.41) is 2.67. The number of carbonyl (C=O) groups is 2. The van der Waals surface area contributed by atoms with Crippen molar-refractivity contribution in [3.8, 4) is 17.2 Å². The van der Waals surface area contributed by atoms with Gasteiger partial charge in [0.1, 0.15) is 5.75 Å². The van der Waals surface area contributed by atoms with Gasteiger partial charge in [-0.15, -0.1) is 0 Å². The van der Waals surface area contributed by atoms with Crippen LogP contribution in [-0.2, 0) is 11.3 Å². The molecule has 10 heteroatoms. The number of halogens is 3. The summed E-state index contributed by atoms with van der Waals surface area (Å²) in [5.41, 5.74) is 0.944. The number of nitrogens with zero attached hydrogens (tertiary/aromatic N) is 1. The molecule has 7 nitrogen and oxygen atoms in total. The number of carbonyl (C=O) groups excluding carboxylic acids is 2. The van der Waals surface area contributed by atoms with Crippen LogP contribution in [0.4, 0.5) is 18.9 Å². The summed E-state index contributed by atoms with van der Waals surface area (Å²) in [7, 11) is 4.28. The van der Waals surface area contributed by atoms with Crippen LogP contribution >= 0.6 is 0 Å². The molecule has 0 spiro atoms. The Morgan fingerprint density at radius 2 is 1.58 bits per heavy atom. The topological polar surface area (TPSA) is 77.1 Å². The van der Waals surface area contributed by atoms with Crippen molar-refractivity contribution >= 4 is 17.5 Å². The Morgan fingerprint density at radius 1 is 0.968 bits per heavy atom. The molecule has 2 amide bonds. The highest BCUT2D eigenvalue weighted by molar-refractivity contribution is 6.06. The van der Waals surface area contributed by atoms with E-state index in [2.05, 4.69) is 5.32 Å². The number of amides is 2. The van der Waals surface area contributed by atoms with Crippen molar-refractivity contribution in [1.29, 1.82) is 0 Å². The molecule has 0 atom stereocenters. The van der Waals surface area contributed by atoms with Crippen molar-refractivity contribution in [3.05, 3.63) is 47.5 Å². The average molecular weight is 440 g/mol. The van der Waals surface area contributed by atoms with Gasteiger partial charge < -0.3 is 24.4 Å². The Bertz CT molecular complexity index is 947. The quantitative estimate of drug-likeness (QED) is 0.674. The summed E-state index contributed by atoms with van der Waals surface area (Å²) in [6, 6.07) is 9.18. The largest absolute Gasteiger partial charge is 0.496 e. The summed E-state index contributed by atoms with van der Waals surface area (Å²) >= 11 is 0. The van der Waals surface area contributed by atoms with Gasteiger partial charge in [0.15, 0.2) is 11.5 Å². The third-order valence-corrected chi connectivity index (χ3v) is 4.42. The third-order valence-electron chi connectivity index (χ3n) is 4.42. The molecule has 2 aromatic carbocycles. The minimum Gasteiger partial charge on any atom is -0.496 e. The summed E-state index contributed by atoms with van der Waals surface area (Å²) in [6.07, 6.45) is -4.95. The second-order valence-corrected chi connectivity index (χ2v) is 6.38. The Hall–Kier alpha value is -3.43. The zero-order chi connectivity index (χ0) is 23.2. The highest BCUT2D eigenvalue weighted by atomic mass is 19.4. The molecule has 0 saturated heterocycles. The van der Waals surface area contributed by atoms with Crippen LogP contribution in [0.3, 0.4) is 0 Å². The first-order valence-electron chi connectivity index (χ1n) is 9.21. The molecule has 0 saturated carbocycles. The summed E-state index contributed by atoms with van der Waals surface area (Å²) in [6.45, 7) is 1.09. The minimum atomic E-state index is -4.95. The lowest BCUT2D eigenvalue weighted by molar-refractivity contribution is -0.185. The fourth-order valence-electron chi connectivity index (χ4n) is 2.88. The molecule has 0 aliphatic rings. The molecular weight excluding hydrogens is 417 g/mol. The number of anilines is 1. The number of rotatable bonds is 8. The molecular formula is C21H23F3N2O5. The highest BCUT2D eigenvalue weighted by Gasteiger charge is 2.41. The lowest BCUT2D eigenvalue weighted by Gasteiger charge is -2.22. The Balaban J connectivity index is 2.25. The number of nitrogens with one attached hydrogen (secondary N) is 1. The molecule has 0 radical (unpaired) electrons. The maximum Gasteiger partial charge on any atom is 0.471 e. The standard InChI is InChI=1S/C21H23F3N2O5/c1-5-26(20(28)21(22,23)24)12-13-7-6-8-14(9-13)25-19(27)15-10-17(30-3)18(31-4)11-16(15)29-2/h6-11H,5,12H2,1-4H3,(H,25,27). The summed E-state index contributed by atoms with van der Waals surface area (Å²) in [4.78, 5) is 25.0. The number of alkyl halides is 3. The highest BCUT2D eigenvalue weighted by Crippen LogP contribution is 2.35. The first-order valence-corrected chi connectivity index (χ1v) is 9.21. The monoisotopic (exact) mass is 440 g/mol. The van der Waals surface area contributed by atoms with Gasteiger partial charge in [0.2, 0.25) is 0 Å². The van der Waals surface area contributed by atoms with E-state index < -0.39 is 18.0 Å². The van der Waals surface area contributed by atoms with Gasteiger partial charge >= 0.3 is 12.1 Å². The van der Waals surface area contributed by atoms with Gasteiger partial charge in [-0.1, -0.05) is 12.1 Å². The molecule has 1 N–H and O–H groups in total. The van der Waals surface area contributed by atoms with E-state index in [4.69, 9.17) is 14.2 Å². The van der Waals surface area contributed by atoms with Crippen LogP contribution in [0.5, 0.6) is 17.2 Å². The SMILES string of the molecule is CCN(Cc1cccc(NC(=O)c2cc(OC)c(OC)cc2OC)c1)C(=O)C(F)(F)F. The van der Waals surface area contributed by atoms with E-state index in [9.17, 15) is 22.8 Å². The van der Waals surface area contributed by atoms with Crippen molar-refractivity contribution in [2.75, 3.05) is 33.2 Å². The first-order chi connectivity index (χ1) is 14.6. The molecule has 0 heterocycles. The van der Waals surface area contributed by atoms with Crippen LogP contribution in [0.25, 0.3) is 0 Å². The van der Waals surface area contributed by atoms with E-state index in [0.717, 1.165) is 0 Å². The van der Waals surface area contributed by atoms with Crippen molar-refractivity contribution < 1.29 is 37.0 Å². The molecule has 0 unspecified atom stereocenters. The second kappa shape index (κ2) is 10.1. The summed E-state index contributed by atoms with van der Waals surface area (Å²) in [5.74, 6) is -1.48.